The number of rotatable bonds is 3. The molecule has 0 radical (unpaired) electrons. The van der Waals surface area contributed by atoms with E-state index in [0.717, 1.165) is 0 Å². The van der Waals surface area contributed by atoms with E-state index in [9.17, 15) is 0 Å². The van der Waals surface area contributed by atoms with Gasteiger partial charge in [0.1, 0.15) is 0 Å². The highest BCUT2D eigenvalue weighted by Gasteiger charge is 1.97. The van der Waals surface area contributed by atoms with Gasteiger partial charge >= 0.3 is 0 Å². The van der Waals surface area contributed by atoms with Crippen molar-refractivity contribution in [2.45, 2.75) is 23.3 Å². The zero-order valence-corrected chi connectivity index (χ0v) is 10.1. The highest BCUT2D eigenvalue weighted by atomic mass is 32.2. The molecule has 0 amide bonds. The Hall–Kier alpha value is -1.25. The van der Waals surface area contributed by atoms with Crippen molar-refractivity contribution in [3.8, 4) is 0 Å². The number of aryl methyl sites for hydroxylation is 1. The molecule has 0 spiro atoms. The zero-order valence-electron chi connectivity index (χ0n) is 9.31. The largest absolute Gasteiger partial charge is 0.326 e. The van der Waals surface area contributed by atoms with E-state index in [1.807, 2.05) is 0 Å². The third-order valence-electron chi connectivity index (χ3n) is 2.38. The van der Waals surface area contributed by atoms with Gasteiger partial charge < -0.3 is 5.73 Å². The molecule has 0 bridgehead atoms. The van der Waals surface area contributed by atoms with E-state index in [2.05, 4.69) is 55.5 Å². The van der Waals surface area contributed by atoms with E-state index in [1.165, 1.54) is 20.9 Å². The predicted molar refractivity (Wildman–Crippen MR) is 69.6 cm³/mol. The van der Waals surface area contributed by atoms with Crippen molar-refractivity contribution in [1.29, 1.82) is 0 Å². The monoisotopic (exact) mass is 229 g/mol. The fourth-order valence-corrected chi connectivity index (χ4v) is 2.44. The maximum atomic E-state index is 5.57. The van der Waals surface area contributed by atoms with E-state index in [4.69, 9.17) is 5.73 Å². The van der Waals surface area contributed by atoms with Gasteiger partial charge in [0.15, 0.2) is 0 Å². The van der Waals surface area contributed by atoms with E-state index >= 15 is 0 Å². The van der Waals surface area contributed by atoms with Gasteiger partial charge in [-0.15, -0.1) is 0 Å². The van der Waals surface area contributed by atoms with Gasteiger partial charge in [0.05, 0.1) is 0 Å². The average Bonchev–Trinajstić information content (AvgIpc) is 2.30. The fraction of sp³-hybridized carbons (Fsp3) is 0.143. The number of hydrogen-bond acceptors (Lipinski definition) is 2. The van der Waals surface area contributed by atoms with Crippen LogP contribution in [-0.2, 0) is 6.54 Å². The third-order valence-corrected chi connectivity index (χ3v) is 3.38. The summed E-state index contributed by atoms with van der Waals surface area (Å²) < 4.78 is 0. The first-order valence-corrected chi connectivity index (χ1v) is 6.13. The van der Waals surface area contributed by atoms with Crippen LogP contribution in [0.1, 0.15) is 11.1 Å². The molecule has 0 saturated heterocycles. The molecule has 0 fully saturated rings. The molecular formula is C14H15NS. The summed E-state index contributed by atoms with van der Waals surface area (Å²) in [5, 5.41) is 0. The van der Waals surface area contributed by atoms with Crippen molar-refractivity contribution >= 4 is 11.8 Å². The van der Waals surface area contributed by atoms with Crippen LogP contribution in [0.2, 0.25) is 0 Å². The first-order valence-electron chi connectivity index (χ1n) is 5.31. The molecule has 16 heavy (non-hydrogen) atoms. The molecule has 0 heterocycles. The molecule has 0 aromatic heterocycles. The Labute approximate surface area is 101 Å². The Morgan fingerprint density at radius 1 is 1.00 bits per heavy atom. The van der Waals surface area contributed by atoms with Gasteiger partial charge in [-0.1, -0.05) is 41.6 Å². The Kier molecular flexibility index (Phi) is 3.65. The van der Waals surface area contributed by atoms with Crippen molar-refractivity contribution in [2.75, 3.05) is 0 Å². The maximum Gasteiger partial charge on any atom is 0.0178 e. The van der Waals surface area contributed by atoms with Crippen LogP contribution in [0.5, 0.6) is 0 Å². The quantitative estimate of drug-likeness (QED) is 0.870. The number of nitrogens with two attached hydrogens (primary N) is 1. The molecule has 0 unspecified atom stereocenters. The van der Waals surface area contributed by atoms with Gasteiger partial charge in [-0.05, 0) is 36.8 Å². The van der Waals surface area contributed by atoms with Gasteiger partial charge in [-0.2, -0.15) is 0 Å². The molecule has 1 nitrogen and oxygen atoms in total. The molecule has 2 rings (SSSR count). The lowest BCUT2D eigenvalue weighted by molar-refractivity contribution is 1.07. The van der Waals surface area contributed by atoms with Crippen LogP contribution >= 0.6 is 11.8 Å². The van der Waals surface area contributed by atoms with Crippen molar-refractivity contribution < 1.29 is 0 Å². The van der Waals surface area contributed by atoms with Gasteiger partial charge in [-0.3, -0.25) is 0 Å². The summed E-state index contributed by atoms with van der Waals surface area (Å²) in [6, 6.07) is 16.9. The van der Waals surface area contributed by atoms with Crippen molar-refractivity contribution in [1.82, 2.24) is 0 Å². The Balaban J connectivity index is 2.14. The lowest BCUT2D eigenvalue weighted by atomic mass is 10.2. The van der Waals surface area contributed by atoms with Gasteiger partial charge in [-0.25, -0.2) is 0 Å². The number of benzene rings is 2. The normalized spacial score (nSPS) is 10.4. The molecular weight excluding hydrogens is 214 g/mol. The molecule has 2 heteroatoms. The lowest BCUT2D eigenvalue weighted by Crippen LogP contribution is -1.94. The standard InChI is InChI=1S/C14H15NS/c1-11-3-2-4-14(9-11)16-13-7-5-12(10-15)6-8-13/h2-9H,10,15H2,1H3. The predicted octanol–water partition coefficient (Wildman–Crippen LogP) is 3.60. The SMILES string of the molecule is Cc1cccc(Sc2ccc(CN)cc2)c1. The van der Waals surface area contributed by atoms with Crippen LogP contribution in [-0.4, -0.2) is 0 Å². The molecule has 0 aliphatic carbocycles. The molecule has 0 atom stereocenters. The highest BCUT2D eigenvalue weighted by Crippen LogP contribution is 2.28. The van der Waals surface area contributed by atoms with Crippen LogP contribution in [0.3, 0.4) is 0 Å². The lowest BCUT2D eigenvalue weighted by Gasteiger charge is -2.03. The van der Waals surface area contributed by atoms with Crippen LogP contribution in [0.25, 0.3) is 0 Å². The summed E-state index contributed by atoms with van der Waals surface area (Å²) in [6.07, 6.45) is 0. The second-order valence-electron chi connectivity index (χ2n) is 3.77. The van der Waals surface area contributed by atoms with Gasteiger partial charge in [0, 0.05) is 16.3 Å². The number of hydrogen-bond donors (Lipinski definition) is 1. The second kappa shape index (κ2) is 5.19. The van der Waals surface area contributed by atoms with Crippen molar-refractivity contribution in [2.24, 2.45) is 5.73 Å². The summed E-state index contributed by atoms with van der Waals surface area (Å²) in [7, 11) is 0. The van der Waals surface area contributed by atoms with E-state index in [0.29, 0.717) is 6.54 Å². The summed E-state index contributed by atoms with van der Waals surface area (Å²) >= 11 is 1.78. The summed E-state index contributed by atoms with van der Waals surface area (Å²) in [5.41, 5.74) is 8.04. The summed E-state index contributed by atoms with van der Waals surface area (Å²) in [5.74, 6) is 0. The minimum absolute atomic E-state index is 0.607. The zero-order chi connectivity index (χ0) is 11.4. The second-order valence-corrected chi connectivity index (χ2v) is 4.91. The molecule has 0 aliphatic heterocycles. The molecule has 2 N–H and O–H groups in total. The van der Waals surface area contributed by atoms with Crippen molar-refractivity contribution in [3.05, 3.63) is 59.7 Å². The van der Waals surface area contributed by atoms with Gasteiger partial charge in [0.2, 0.25) is 0 Å². The fourth-order valence-electron chi connectivity index (χ4n) is 1.51. The van der Waals surface area contributed by atoms with Crippen LogP contribution < -0.4 is 5.73 Å². The average molecular weight is 229 g/mol. The van der Waals surface area contributed by atoms with Crippen molar-refractivity contribution in [3.63, 3.8) is 0 Å². The molecule has 0 aliphatic rings. The van der Waals surface area contributed by atoms with Crippen LogP contribution in [0, 0.1) is 6.92 Å². The Bertz CT molecular complexity index is 462. The minimum Gasteiger partial charge on any atom is -0.326 e. The molecule has 82 valence electrons. The van der Waals surface area contributed by atoms with Crippen LogP contribution in [0.4, 0.5) is 0 Å². The van der Waals surface area contributed by atoms with E-state index in [-0.39, 0.29) is 0 Å². The summed E-state index contributed by atoms with van der Waals surface area (Å²) in [4.78, 5) is 2.53. The van der Waals surface area contributed by atoms with E-state index in [1.54, 1.807) is 11.8 Å². The third kappa shape index (κ3) is 2.87. The van der Waals surface area contributed by atoms with E-state index < -0.39 is 0 Å². The maximum absolute atomic E-state index is 5.57. The highest BCUT2D eigenvalue weighted by molar-refractivity contribution is 7.99. The van der Waals surface area contributed by atoms with Gasteiger partial charge in [0.25, 0.3) is 0 Å². The smallest absolute Gasteiger partial charge is 0.0178 e. The molecule has 2 aromatic carbocycles. The first-order chi connectivity index (χ1) is 7.78. The summed E-state index contributed by atoms with van der Waals surface area (Å²) in [6.45, 7) is 2.72. The Morgan fingerprint density at radius 3 is 2.38 bits per heavy atom. The topological polar surface area (TPSA) is 26.0 Å². The first kappa shape index (κ1) is 11.2. The molecule has 0 saturated carbocycles. The molecule has 2 aromatic rings. The van der Waals surface area contributed by atoms with Crippen LogP contribution in [0.15, 0.2) is 58.3 Å². The minimum atomic E-state index is 0.607. The Morgan fingerprint density at radius 2 is 1.75 bits per heavy atom.